The summed E-state index contributed by atoms with van der Waals surface area (Å²) in [7, 11) is -3.47. The van der Waals surface area contributed by atoms with Crippen LogP contribution in [0.15, 0.2) is 71.6 Å². The number of hydrogen-bond acceptors (Lipinski definition) is 3. The van der Waals surface area contributed by atoms with Gasteiger partial charge in [-0.25, -0.2) is 13.1 Å². The molecular formula is C22H24N2O2S. The van der Waals surface area contributed by atoms with Gasteiger partial charge >= 0.3 is 0 Å². The summed E-state index contributed by atoms with van der Waals surface area (Å²) in [5.41, 5.74) is 2.83. The van der Waals surface area contributed by atoms with E-state index in [0.717, 1.165) is 43.2 Å². The predicted octanol–water partition coefficient (Wildman–Crippen LogP) is 3.57. The van der Waals surface area contributed by atoms with Crippen LogP contribution >= 0.6 is 0 Å². The standard InChI is InChI=1S/C22H24N2O2S/c25-27(26,22-11-10-18-6-1-3-8-20(18)16-22)23-13-5-14-24-15-12-19-7-2-4-9-21(19)17-24/h1-4,6-11,16,23H,5,12-15,17H2. The van der Waals surface area contributed by atoms with Crippen LogP contribution < -0.4 is 4.72 Å². The van der Waals surface area contributed by atoms with Gasteiger partial charge in [-0.15, -0.1) is 0 Å². The molecule has 3 aromatic carbocycles. The van der Waals surface area contributed by atoms with Gasteiger partial charge in [0.15, 0.2) is 0 Å². The number of hydrogen-bond donors (Lipinski definition) is 1. The first-order chi connectivity index (χ1) is 13.1. The Bertz CT molecular complexity index is 1050. The summed E-state index contributed by atoms with van der Waals surface area (Å²) >= 11 is 0. The highest BCUT2D eigenvalue weighted by Gasteiger charge is 2.16. The quantitative estimate of drug-likeness (QED) is 0.665. The van der Waals surface area contributed by atoms with Crippen molar-refractivity contribution in [3.05, 3.63) is 77.9 Å². The number of benzene rings is 3. The van der Waals surface area contributed by atoms with Gasteiger partial charge < -0.3 is 0 Å². The molecule has 5 heteroatoms. The fraction of sp³-hybridized carbons (Fsp3) is 0.273. The zero-order valence-corrected chi connectivity index (χ0v) is 16.1. The van der Waals surface area contributed by atoms with E-state index < -0.39 is 10.0 Å². The van der Waals surface area contributed by atoms with Crippen LogP contribution in [-0.4, -0.2) is 33.0 Å². The van der Waals surface area contributed by atoms with E-state index in [1.165, 1.54) is 11.1 Å². The zero-order chi connectivity index (χ0) is 18.7. The second kappa shape index (κ2) is 7.80. The Kier molecular flexibility index (Phi) is 5.25. The molecular weight excluding hydrogens is 356 g/mol. The third kappa shape index (κ3) is 4.21. The lowest BCUT2D eigenvalue weighted by Gasteiger charge is -2.28. The maximum absolute atomic E-state index is 12.6. The lowest BCUT2D eigenvalue weighted by Crippen LogP contribution is -2.33. The molecule has 0 radical (unpaired) electrons. The Hall–Kier alpha value is -2.21. The second-order valence-corrected chi connectivity index (χ2v) is 8.82. The van der Waals surface area contributed by atoms with Crippen molar-refractivity contribution in [3.8, 4) is 0 Å². The Morgan fingerprint density at radius 2 is 1.63 bits per heavy atom. The van der Waals surface area contributed by atoms with Crippen LogP contribution in [0.1, 0.15) is 17.5 Å². The van der Waals surface area contributed by atoms with E-state index >= 15 is 0 Å². The first-order valence-corrected chi connectivity index (χ1v) is 10.9. The number of sulfonamides is 1. The molecule has 3 aromatic rings. The van der Waals surface area contributed by atoms with Gasteiger partial charge in [0.1, 0.15) is 0 Å². The first-order valence-electron chi connectivity index (χ1n) is 9.39. The largest absolute Gasteiger partial charge is 0.299 e. The summed E-state index contributed by atoms with van der Waals surface area (Å²) in [6.45, 7) is 3.34. The summed E-state index contributed by atoms with van der Waals surface area (Å²) in [5.74, 6) is 0. The van der Waals surface area contributed by atoms with Crippen molar-refractivity contribution in [1.29, 1.82) is 0 Å². The number of fused-ring (bicyclic) bond motifs is 2. The van der Waals surface area contributed by atoms with E-state index in [9.17, 15) is 8.42 Å². The molecule has 0 unspecified atom stereocenters. The molecule has 140 valence electrons. The third-order valence-corrected chi connectivity index (χ3v) is 6.64. The van der Waals surface area contributed by atoms with Gasteiger partial charge in [0.05, 0.1) is 4.90 Å². The monoisotopic (exact) mass is 380 g/mol. The van der Waals surface area contributed by atoms with Crippen LogP contribution in [0.2, 0.25) is 0 Å². The molecule has 27 heavy (non-hydrogen) atoms. The van der Waals surface area contributed by atoms with Gasteiger partial charge in [-0.2, -0.15) is 0 Å². The van der Waals surface area contributed by atoms with E-state index in [1.807, 2.05) is 30.3 Å². The van der Waals surface area contributed by atoms with Crippen LogP contribution in [0.3, 0.4) is 0 Å². The summed E-state index contributed by atoms with van der Waals surface area (Å²) in [5, 5.41) is 1.98. The van der Waals surface area contributed by atoms with Crippen molar-refractivity contribution in [3.63, 3.8) is 0 Å². The minimum absolute atomic E-state index is 0.327. The van der Waals surface area contributed by atoms with Crippen molar-refractivity contribution >= 4 is 20.8 Å². The topological polar surface area (TPSA) is 49.4 Å². The van der Waals surface area contributed by atoms with Gasteiger partial charge in [0, 0.05) is 19.6 Å². The van der Waals surface area contributed by atoms with Crippen LogP contribution in [0.5, 0.6) is 0 Å². The molecule has 0 saturated carbocycles. The lowest BCUT2D eigenvalue weighted by molar-refractivity contribution is 0.251. The van der Waals surface area contributed by atoms with E-state index in [2.05, 4.69) is 33.9 Å². The predicted molar refractivity (Wildman–Crippen MR) is 109 cm³/mol. The first kappa shape index (κ1) is 18.2. The number of nitrogens with zero attached hydrogens (tertiary/aromatic N) is 1. The van der Waals surface area contributed by atoms with Crippen LogP contribution in [0.25, 0.3) is 10.8 Å². The summed E-state index contributed by atoms with van der Waals surface area (Å²) in [6, 6.07) is 21.6. The molecule has 0 aromatic heterocycles. The van der Waals surface area contributed by atoms with Crippen molar-refractivity contribution in [1.82, 2.24) is 9.62 Å². The van der Waals surface area contributed by atoms with Crippen LogP contribution in [0, 0.1) is 0 Å². The molecule has 0 amide bonds. The Morgan fingerprint density at radius 3 is 2.48 bits per heavy atom. The number of rotatable bonds is 6. The van der Waals surface area contributed by atoms with Crippen molar-refractivity contribution in [2.24, 2.45) is 0 Å². The van der Waals surface area contributed by atoms with Crippen molar-refractivity contribution < 1.29 is 8.42 Å². The summed E-state index contributed by atoms with van der Waals surface area (Å²) in [4.78, 5) is 2.72. The molecule has 0 aliphatic carbocycles. The third-order valence-electron chi connectivity index (χ3n) is 5.18. The highest BCUT2D eigenvalue weighted by Crippen LogP contribution is 2.20. The van der Waals surface area contributed by atoms with E-state index in [0.29, 0.717) is 11.4 Å². The minimum atomic E-state index is -3.47. The van der Waals surface area contributed by atoms with Gasteiger partial charge in [0.2, 0.25) is 10.0 Å². The Morgan fingerprint density at radius 1 is 0.889 bits per heavy atom. The van der Waals surface area contributed by atoms with E-state index in [-0.39, 0.29) is 0 Å². The molecule has 0 spiro atoms. The maximum Gasteiger partial charge on any atom is 0.240 e. The highest BCUT2D eigenvalue weighted by molar-refractivity contribution is 7.89. The SMILES string of the molecule is O=S(=O)(NCCCN1CCc2ccccc2C1)c1ccc2ccccc2c1. The van der Waals surface area contributed by atoms with E-state index in [4.69, 9.17) is 0 Å². The molecule has 0 fully saturated rings. The van der Waals surface area contributed by atoms with Crippen molar-refractivity contribution in [2.45, 2.75) is 24.3 Å². The molecule has 1 N–H and O–H groups in total. The van der Waals surface area contributed by atoms with Crippen LogP contribution in [-0.2, 0) is 23.0 Å². The number of nitrogens with one attached hydrogen (secondary N) is 1. The molecule has 1 aliphatic rings. The van der Waals surface area contributed by atoms with Crippen molar-refractivity contribution in [2.75, 3.05) is 19.6 Å². The van der Waals surface area contributed by atoms with Gasteiger partial charge in [-0.3, -0.25) is 4.90 Å². The summed E-state index contributed by atoms with van der Waals surface area (Å²) < 4.78 is 27.9. The van der Waals surface area contributed by atoms with Crippen LogP contribution in [0.4, 0.5) is 0 Å². The average molecular weight is 381 g/mol. The molecule has 0 bridgehead atoms. The fourth-order valence-corrected chi connectivity index (χ4v) is 4.78. The molecule has 0 atom stereocenters. The fourth-order valence-electron chi connectivity index (χ4n) is 3.67. The lowest BCUT2D eigenvalue weighted by atomic mass is 10.00. The van der Waals surface area contributed by atoms with Gasteiger partial charge in [0.25, 0.3) is 0 Å². The highest BCUT2D eigenvalue weighted by atomic mass is 32.2. The van der Waals surface area contributed by atoms with Gasteiger partial charge in [-0.1, -0.05) is 54.6 Å². The second-order valence-electron chi connectivity index (χ2n) is 7.06. The molecule has 1 aliphatic heterocycles. The molecule has 1 heterocycles. The molecule has 4 rings (SSSR count). The van der Waals surface area contributed by atoms with E-state index in [1.54, 1.807) is 12.1 Å². The summed E-state index contributed by atoms with van der Waals surface area (Å²) in [6.07, 6.45) is 1.87. The molecule has 4 nitrogen and oxygen atoms in total. The average Bonchev–Trinajstić information content (AvgIpc) is 2.71. The Labute approximate surface area is 160 Å². The molecule has 0 saturated heterocycles. The Balaban J connectivity index is 1.32. The smallest absolute Gasteiger partial charge is 0.240 e. The maximum atomic E-state index is 12.6. The van der Waals surface area contributed by atoms with Gasteiger partial charge in [-0.05, 0) is 53.4 Å². The normalized spacial score (nSPS) is 15.0. The zero-order valence-electron chi connectivity index (χ0n) is 15.3. The minimum Gasteiger partial charge on any atom is -0.299 e.